The maximum atomic E-state index is 12.3. The highest BCUT2D eigenvalue weighted by molar-refractivity contribution is 7.14. The molecule has 138 valence electrons. The third-order valence-electron chi connectivity index (χ3n) is 3.47. The molecule has 3 rings (SSSR count). The highest BCUT2D eigenvalue weighted by Gasteiger charge is 2.17. The van der Waals surface area contributed by atoms with E-state index >= 15 is 0 Å². The number of hydrogen-bond donors (Lipinski definition) is 1. The normalized spacial score (nSPS) is 10.4. The molecule has 0 aliphatic heterocycles. The molecule has 27 heavy (non-hydrogen) atoms. The van der Waals surface area contributed by atoms with Crippen molar-refractivity contribution in [1.82, 2.24) is 20.2 Å². The van der Waals surface area contributed by atoms with Crippen molar-refractivity contribution in [3.63, 3.8) is 0 Å². The summed E-state index contributed by atoms with van der Waals surface area (Å²) in [6.07, 6.45) is 1.30. The number of ketones is 1. The quantitative estimate of drug-likeness (QED) is 0.486. The van der Waals surface area contributed by atoms with Gasteiger partial charge in [-0.1, -0.05) is 12.1 Å². The number of carbonyl (C=O) groups excluding carboxylic acids is 3. The number of ether oxygens (including phenoxy) is 1. The number of tetrazole rings is 1. The number of para-hydroxylation sites is 1. The van der Waals surface area contributed by atoms with Gasteiger partial charge in [0.15, 0.2) is 6.61 Å². The first kappa shape index (κ1) is 18.4. The van der Waals surface area contributed by atoms with Crippen LogP contribution < -0.4 is 5.32 Å². The van der Waals surface area contributed by atoms with Crippen molar-refractivity contribution >= 4 is 34.7 Å². The van der Waals surface area contributed by atoms with Gasteiger partial charge in [-0.15, -0.1) is 16.4 Å². The molecule has 0 fully saturated rings. The minimum absolute atomic E-state index is 0.105. The zero-order valence-electron chi connectivity index (χ0n) is 14.3. The van der Waals surface area contributed by atoms with Crippen molar-refractivity contribution in [3.8, 4) is 0 Å². The van der Waals surface area contributed by atoms with Gasteiger partial charge in [0.25, 0.3) is 0 Å². The second-order valence-electron chi connectivity index (χ2n) is 5.51. The van der Waals surface area contributed by atoms with Gasteiger partial charge in [-0.3, -0.25) is 9.59 Å². The average molecular weight is 385 g/mol. The number of carbonyl (C=O) groups is 3. The third kappa shape index (κ3) is 4.82. The Hall–Kier alpha value is -3.40. The summed E-state index contributed by atoms with van der Waals surface area (Å²) in [6, 6.07) is 9.91. The van der Waals surface area contributed by atoms with Crippen molar-refractivity contribution in [1.29, 1.82) is 0 Å². The Morgan fingerprint density at radius 1 is 1.19 bits per heavy atom. The maximum absolute atomic E-state index is 12.3. The minimum Gasteiger partial charge on any atom is -0.454 e. The zero-order chi connectivity index (χ0) is 19.2. The zero-order valence-corrected chi connectivity index (χ0v) is 15.1. The molecule has 0 spiro atoms. The summed E-state index contributed by atoms with van der Waals surface area (Å²) in [4.78, 5) is 38.0. The van der Waals surface area contributed by atoms with Gasteiger partial charge in [0.1, 0.15) is 12.9 Å². The molecule has 0 aliphatic rings. The van der Waals surface area contributed by atoms with Crippen molar-refractivity contribution < 1.29 is 19.1 Å². The molecular weight excluding hydrogens is 370 g/mol. The van der Waals surface area contributed by atoms with E-state index in [4.69, 9.17) is 4.74 Å². The number of esters is 1. The lowest BCUT2D eigenvalue weighted by Gasteiger charge is -2.10. The van der Waals surface area contributed by atoms with E-state index in [0.717, 1.165) is 4.88 Å². The molecular formula is C17H15N5O4S. The topological polar surface area (TPSA) is 116 Å². The Balaban J connectivity index is 1.63. The van der Waals surface area contributed by atoms with Gasteiger partial charge in [0.2, 0.25) is 11.7 Å². The van der Waals surface area contributed by atoms with E-state index in [2.05, 4.69) is 20.8 Å². The second kappa shape index (κ2) is 8.32. The molecule has 0 saturated heterocycles. The van der Waals surface area contributed by atoms with Crippen LogP contribution >= 0.6 is 11.3 Å². The van der Waals surface area contributed by atoms with Gasteiger partial charge in [-0.05, 0) is 41.6 Å². The number of aryl methyl sites for hydroxylation is 1. The van der Waals surface area contributed by atoms with Crippen LogP contribution in [0.4, 0.5) is 5.69 Å². The fraction of sp³-hybridized carbons (Fsp3) is 0.176. The highest BCUT2D eigenvalue weighted by Crippen LogP contribution is 2.18. The Morgan fingerprint density at radius 2 is 2.00 bits per heavy atom. The van der Waals surface area contributed by atoms with Crippen LogP contribution in [-0.2, 0) is 16.1 Å². The molecule has 1 amide bonds. The summed E-state index contributed by atoms with van der Waals surface area (Å²) in [6.45, 7) is 1.42. The van der Waals surface area contributed by atoms with Gasteiger partial charge in [-0.2, -0.15) is 0 Å². The van der Waals surface area contributed by atoms with E-state index in [0.29, 0.717) is 4.88 Å². The van der Waals surface area contributed by atoms with Crippen LogP contribution in [0, 0.1) is 6.92 Å². The van der Waals surface area contributed by atoms with Crippen LogP contribution in [0.1, 0.15) is 24.9 Å². The molecule has 0 unspecified atom stereocenters. The summed E-state index contributed by atoms with van der Waals surface area (Å²) in [5.74, 6) is -1.38. The maximum Gasteiger partial charge on any atom is 0.340 e. The fourth-order valence-corrected chi connectivity index (χ4v) is 3.02. The van der Waals surface area contributed by atoms with E-state index in [1.54, 1.807) is 24.3 Å². The number of nitrogens with one attached hydrogen (secondary N) is 1. The number of benzene rings is 1. The van der Waals surface area contributed by atoms with Crippen LogP contribution in [0.2, 0.25) is 0 Å². The molecule has 10 heteroatoms. The first-order valence-electron chi connectivity index (χ1n) is 7.89. The largest absolute Gasteiger partial charge is 0.454 e. The van der Waals surface area contributed by atoms with Crippen LogP contribution in [-0.4, -0.2) is 44.5 Å². The van der Waals surface area contributed by atoms with Gasteiger partial charge in [0.05, 0.1) is 16.1 Å². The molecule has 0 saturated carbocycles. The Labute approximate surface area is 158 Å². The molecule has 0 atom stereocenters. The molecule has 1 aromatic carbocycles. The average Bonchev–Trinajstić information content (AvgIpc) is 3.31. The molecule has 3 aromatic rings. The number of thiophene rings is 1. The van der Waals surface area contributed by atoms with Gasteiger partial charge in [-0.25, -0.2) is 9.48 Å². The number of hydrogen-bond acceptors (Lipinski definition) is 8. The summed E-state index contributed by atoms with van der Waals surface area (Å²) >= 11 is 1.34. The van der Waals surface area contributed by atoms with Gasteiger partial charge < -0.3 is 10.1 Å². The Kier molecular flexibility index (Phi) is 5.67. The fourth-order valence-electron chi connectivity index (χ4n) is 2.22. The summed E-state index contributed by atoms with van der Waals surface area (Å²) in [7, 11) is 0. The minimum atomic E-state index is -0.699. The molecule has 0 bridgehead atoms. The van der Waals surface area contributed by atoms with E-state index in [1.807, 2.05) is 13.0 Å². The monoisotopic (exact) mass is 385 g/mol. The molecule has 0 radical (unpaired) electrons. The lowest BCUT2D eigenvalue weighted by atomic mass is 10.2. The molecule has 1 N–H and O–H groups in total. The van der Waals surface area contributed by atoms with Gasteiger partial charge in [0, 0.05) is 4.88 Å². The number of nitrogens with zero attached hydrogens (tertiary/aromatic N) is 4. The molecule has 2 heterocycles. The molecule has 0 aliphatic carbocycles. The first-order chi connectivity index (χ1) is 13.0. The summed E-state index contributed by atoms with van der Waals surface area (Å²) in [5.41, 5.74) is 0.428. The van der Waals surface area contributed by atoms with Crippen molar-refractivity contribution in [2.75, 3.05) is 11.9 Å². The number of rotatable bonds is 7. The highest BCUT2D eigenvalue weighted by atomic mass is 32.1. The lowest BCUT2D eigenvalue weighted by molar-refractivity contribution is -0.116. The molecule has 2 aromatic heterocycles. The standard InChI is InChI=1S/C17H15N5O4S/c1-11-6-7-15(27-11)14(23)9-26-17(25)12-4-2-3-5-13(12)19-16(24)8-22-10-18-20-21-22/h2-7,10H,8-9H2,1H3,(H,19,24). The number of anilines is 1. The van der Waals surface area contributed by atoms with Crippen molar-refractivity contribution in [2.45, 2.75) is 13.5 Å². The van der Waals surface area contributed by atoms with Gasteiger partial charge >= 0.3 is 5.97 Å². The lowest BCUT2D eigenvalue weighted by Crippen LogP contribution is -2.21. The number of Topliss-reactive ketones (excluding diaryl/α,β-unsaturated/α-hetero) is 1. The first-order valence-corrected chi connectivity index (χ1v) is 8.71. The predicted molar refractivity (Wildman–Crippen MR) is 96.6 cm³/mol. The smallest absolute Gasteiger partial charge is 0.340 e. The molecule has 9 nitrogen and oxygen atoms in total. The third-order valence-corrected chi connectivity index (χ3v) is 4.51. The van der Waals surface area contributed by atoms with Crippen molar-refractivity contribution in [3.05, 3.63) is 58.0 Å². The van der Waals surface area contributed by atoms with E-state index < -0.39 is 11.9 Å². The summed E-state index contributed by atoms with van der Waals surface area (Å²) in [5, 5.41) is 13.1. The van der Waals surface area contributed by atoms with Crippen LogP contribution in [0.5, 0.6) is 0 Å². The Morgan fingerprint density at radius 3 is 2.70 bits per heavy atom. The predicted octanol–water partition coefficient (Wildman–Crippen LogP) is 1.72. The Bertz CT molecular complexity index is 967. The SMILES string of the molecule is Cc1ccc(C(=O)COC(=O)c2ccccc2NC(=O)Cn2cnnn2)s1. The van der Waals surface area contributed by atoms with E-state index in [9.17, 15) is 14.4 Å². The van der Waals surface area contributed by atoms with E-state index in [1.165, 1.54) is 28.4 Å². The van der Waals surface area contributed by atoms with Crippen LogP contribution in [0.3, 0.4) is 0 Å². The van der Waals surface area contributed by atoms with Crippen molar-refractivity contribution in [2.24, 2.45) is 0 Å². The second-order valence-corrected chi connectivity index (χ2v) is 6.80. The van der Waals surface area contributed by atoms with Crippen LogP contribution in [0.15, 0.2) is 42.7 Å². The summed E-state index contributed by atoms with van der Waals surface area (Å²) < 4.78 is 6.36. The van der Waals surface area contributed by atoms with Crippen LogP contribution in [0.25, 0.3) is 0 Å². The van der Waals surface area contributed by atoms with E-state index in [-0.39, 0.29) is 30.2 Å². The number of amides is 1. The number of aromatic nitrogens is 4.